The number of aromatic nitrogens is 1. The molecule has 3 aromatic rings. The van der Waals surface area contributed by atoms with Crippen LogP contribution in [-0.4, -0.2) is 17.2 Å². The Balaban J connectivity index is 2.20. The number of hydrogen-bond acceptors (Lipinski definition) is 4. The van der Waals surface area contributed by atoms with Crippen molar-refractivity contribution >= 4 is 11.1 Å². The number of phenols is 1. The maximum absolute atomic E-state index is 10.0. The first kappa shape index (κ1) is 10.7. The van der Waals surface area contributed by atoms with Gasteiger partial charge in [-0.15, -0.1) is 0 Å². The van der Waals surface area contributed by atoms with E-state index in [1.54, 1.807) is 18.2 Å². The quantitative estimate of drug-likeness (QED) is 0.748. The Hall–Kier alpha value is -2.49. The third-order valence-corrected chi connectivity index (χ3v) is 2.74. The van der Waals surface area contributed by atoms with Crippen LogP contribution >= 0.6 is 0 Å². The number of nitrogens with zero attached hydrogens (tertiary/aromatic N) is 1. The van der Waals surface area contributed by atoms with Gasteiger partial charge >= 0.3 is 0 Å². The molecule has 0 aliphatic carbocycles. The molecule has 0 atom stereocenters. The molecule has 18 heavy (non-hydrogen) atoms. The smallest absolute Gasteiger partial charge is 0.231 e. The normalized spacial score (nSPS) is 10.7. The molecule has 0 saturated heterocycles. The highest BCUT2D eigenvalue weighted by Crippen LogP contribution is 2.37. The van der Waals surface area contributed by atoms with Crippen molar-refractivity contribution in [1.82, 2.24) is 4.98 Å². The Morgan fingerprint density at radius 3 is 2.72 bits per heavy atom. The van der Waals surface area contributed by atoms with E-state index in [1.807, 2.05) is 24.3 Å². The van der Waals surface area contributed by atoms with Gasteiger partial charge < -0.3 is 14.3 Å². The molecule has 3 rings (SSSR count). The summed E-state index contributed by atoms with van der Waals surface area (Å²) in [7, 11) is 1.50. The predicted molar refractivity (Wildman–Crippen MR) is 67.7 cm³/mol. The average Bonchev–Trinajstić information content (AvgIpc) is 2.82. The van der Waals surface area contributed by atoms with Gasteiger partial charge in [0.05, 0.1) is 12.7 Å². The lowest BCUT2D eigenvalue weighted by molar-refractivity contribution is 0.373. The summed E-state index contributed by atoms with van der Waals surface area (Å²) < 4.78 is 10.7. The number of fused-ring (bicyclic) bond motifs is 1. The first-order chi connectivity index (χ1) is 8.79. The van der Waals surface area contributed by atoms with E-state index in [-0.39, 0.29) is 5.75 Å². The zero-order valence-corrected chi connectivity index (χ0v) is 9.75. The summed E-state index contributed by atoms with van der Waals surface area (Å²) in [6.45, 7) is 0. The summed E-state index contributed by atoms with van der Waals surface area (Å²) in [5, 5.41) is 10.0. The van der Waals surface area contributed by atoms with Gasteiger partial charge in [-0.25, -0.2) is 4.98 Å². The van der Waals surface area contributed by atoms with E-state index < -0.39 is 0 Å². The van der Waals surface area contributed by atoms with Crippen LogP contribution in [0, 0.1) is 0 Å². The molecule has 0 unspecified atom stereocenters. The van der Waals surface area contributed by atoms with Crippen molar-refractivity contribution in [3.05, 3.63) is 42.5 Å². The minimum atomic E-state index is 0.0338. The van der Waals surface area contributed by atoms with Gasteiger partial charge in [0, 0.05) is 0 Å². The molecule has 4 nitrogen and oxygen atoms in total. The van der Waals surface area contributed by atoms with Gasteiger partial charge in [0.2, 0.25) is 5.89 Å². The molecule has 0 aliphatic heterocycles. The minimum absolute atomic E-state index is 0.0338. The van der Waals surface area contributed by atoms with Crippen LogP contribution in [0.25, 0.3) is 22.6 Å². The zero-order chi connectivity index (χ0) is 12.5. The Bertz CT molecular complexity index is 670. The summed E-state index contributed by atoms with van der Waals surface area (Å²) in [6, 6.07) is 12.7. The number of oxazole rings is 1. The second-order valence-corrected chi connectivity index (χ2v) is 3.84. The zero-order valence-electron chi connectivity index (χ0n) is 9.75. The minimum Gasteiger partial charge on any atom is -0.504 e. The highest BCUT2D eigenvalue weighted by molar-refractivity contribution is 5.78. The first-order valence-electron chi connectivity index (χ1n) is 5.51. The van der Waals surface area contributed by atoms with Crippen LogP contribution in [0.3, 0.4) is 0 Å². The van der Waals surface area contributed by atoms with E-state index in [2.05, 4.69) is 4.98 Å². The van der Waals surface area contributed by atoms with Crippen molar-refractivity contribution in [1.29, 1.82) is 0 Å². The molecule has 4 heteroatoms. The largest absolute Gasteiger partial charge is 0.504 e. The third kappa shape index (κ3) is 1.59. The van der Waals surface area contributed by atoms with Gasteiger partial charge in [0.1, 0.15) is 5.52 Å². The van der Waals surface area contributed by atoms with Gasteiger partial charge in [-0.2, -0.15) is 0 Å². The number of phenolic OH excluding ortho intramolecular Hbond substituents is 1. The van der Waals surface area contributed by atoms with Crippen LogP contribution in [0.5, 0.6) is 11.5 Å². The van der Waals surface area contributed by atoms with Crippen LogP contribution in [0.2, 0.25) is 0 Å². The van der Waals surface area contributed by atoms with E-state index in [0.717, 1.165) is 5.52 Å². The second kappa shape index (κ2) is 4.07. The van der Waals surface area contributed by atoms with Crippen molar-refractivity contribution in [3.8, 4) is 23.0 Å². The molecule has 0 spiro atoms. The van der Waals surface area contributed by atoms with Gasteiger partial charge in [-0.05, 0) is 24.3 Å². The van der Waals surface area contributed by atoms with Crippen molar-refractivity contribution in [2.24, 2.45) is 0 Å². The fraction of sp³-hybridized carbons (Fsp3) is 0.0714. The molecule has 0 bridgehead atoms. The maximum Gasteiger partial charge on any atom is 0.231 e. The number of benzene rings is 2. The first-order valence-corrected chi connectivity index (χ1v) is 5.51. The molecule has 0 fully saturated rings. The van der Waals surface area contributed by atoms with Crippen LogP contribution in [-0.2, 0) is 0 Å². The number of rotatable bonds is 2. The van der Waals surface area contributed by atoms with Crippen molar-refractivity contribution in [3.63, 3.8) is 0 Å². The molecule has 1 aromatic heterocycles. The average molecular weight is 241 g/mol. The van der Waals surface area contributed by atoms with Crippen molar-refractivity contribution in [2.75, 3.05) is 7.11 Å². The van der Waals surface area contributed by atoms with E-state index in [9.17, 15) is 5.11 Å². The summed E-state index contributed by atoms with van der Waals surface area (Å²) in [5.41, 5.74) is 1.97. The maximum atomic E-state index is 10.0. The molecular weight excluding hydrogens is 230 g/mol. The van der Waals surface area contributed by atoms with Crippen LogP contribution < -0.4 is 4.74 Å². The Kier molecular flexibility index (Phi) is 2.41. The molecule has 0 amide bonds. The third-order valence-electron chi connectivity index (χ3n) is 2.74. The number of hydrogen-bond donors (Lipinski definition) is 1. The molecule has 0 radical (unpaired) electrons. The van der Waals surface area contributed by atoms with Crippen molar-refractivity contribution < 1.29 is 14.3 Å². The molecule has 2 aromatic carbocycles. The topological polar surface area (TPSA) is 55.5 Å². The van der Waals surface area contributed by atoms with Gasteiger partial charge in [0.25, 0.3) is 0 Å². The van der Waals surface area contributed by atoms with E-state index in [0.29, 0.717) is 22.8 Å². The summed E-state index contributed by atoms with van der Waals surface area (Å²) >= 11 is 0. The Morgan fingerprint density at radius 1 is 1.11 bits per heavy atom. The Morgan fingerprint density at radius 2 is 1.94 bits per heavy atom. The van der Waals surface area contributed by atoms with Gasteiger partial charge in [-0.3, -0.25) is 0 Å². The van der Waals surface area contributed by atoms with Crippen LogP contribution in [0.1, 0.15) is 0 Å². The number of para-hydroxylation sites is 3. The fourth-order valence-electron chi connectivity index (χ4n) is 1.85. The van der Waals surface area contributed by atoms with Gasteiger partial charge in [0.15, 0.2) is 17.1 Å². The van der Waals surface area contributed by atoms with Crippen molar-refractivity contribution in [2.45, 2.75) is 0 Å². The molecule has 90 valence electrons. The highest BCUT2D eigenvalue weighted by Gasteiger charge is 2.14. The monoisotopic (exact) mass is 241 g/mol. The van der Waals surface area contributed by atoms with E-state index in [4.69, 9.17) is 9.15 Å². The van der Waals surface area contributed by atoms with E-state index in [1.165, 1.54) is 7.11 Å². The number of ether oxygens (including phenoxy) is 1. The lowest BCUT2D eigenvalue weighted by Gasteiger charge is -2.05. The molecule has 0 aliphatic rings. The SMILES string of the molecule is COc1cccc(-c2nc3ccccc3o2)c1O. The molecule has 1 N–H and O–H groups in total. The highest BCUT2D eigenvalue weighted by atomic mass is 16.5. The lowest BCUT2D eigenvalue weighted by Crippen LogP contribution is -1.86. The molecule has 1 heterocycles. The molecule has 0 saturated carbocycles. The predicted octanol–water partition coefficient (Wildman–Crippen LogP) is 3.21. The summed E-state index contributed by atoms with van der Waals surface area (Å²) in [5.74, 6) is 0.814. The van der Waals surface area contributed by atoms with Crippen LogP contribution in [0.4, 0.5) is 0 Å². The summed E-state index contributed by atoms with van der Waals surface area (Å²) in [4.78, 5) is 4.34. The number of methoxy groups -OCH3 is 1. The lowest BCUT2D eigenvalue weighted by atomic mass is 10.2. The molecular formula is C14H11NO3. The standard InChI is InChI=1S/C14H11NO3/c1-17-12-8-4-5-9(13(12)16)14-15-10-6-2-3-7-11(10)18-14/h2-8,16H,1H3. The van der Waals surface area contributed by atoms with Gasteiger partial charge in [-0.1, -0.05) is 18.2 Å². The summed E-state index contributed by atoms with van der Waals surface area (Å²) in [6.07, 6.45) is 0. The van der Waals surface area contributed by atoms with Crippen LogP contribution in [0.15, 0.2) is 46.9 Å². The Labute approximate surface area is 103 Å². The number of aromatic hydroxyl groups is 1. The second-order valence-electron chi connectivity index (χ2n) is 3.84. The fourth-order valence-corrected chi connectivity index (χ4v) is 1.85. The van der Waals surface area contributed by atoms with E-state index >= 15 is 0 Å².